The van der Waals surface area contributed by atoms with Gasteiger partial charge in [0.1, 0.15) is 23.2 Å². The number of rotatable bonds is 2. The molecule has 1 saturated carbocycles. The molecule has 0 amide bonds. The van der Waals surface area contributed by atoms with Crippen LogP contribution in [0.2, 0.25) is 5.15 Å². The zero-order valence-electron chi connectivity index (χ0n) is 12.4. The van der Waals surface area contributed by atoms with Gasteiger partial charge in [0.2, 0.25) is 0 Å². The third kappa shape index (κ3) is 2.06. The Labute approximate surface area is 133 Å². The summed E-state index contributed by atoms with van der Waals surface area (Å²) in [6.45, 7) is 3.90. The Morgan fingerprint density at radius 1 is 1.36 bits per heavy atom. The van der Waals surface area contributed by atoms with Crippen LogP contribution in [0.25, 0.3) is 11.0 Å². The molecule has 4 atom stereocenters. The summed E-state index contributed by atoms with van der Waals surface area (Å²) in [6.07, 6.45) is 4.01. The van der Waals surface area contributed by atoms with Crippen LogP contribution in [-0.2, 0) is 9.47 Å². The second-order valence-corrected chi connectivity index (χ2v) is 6.79. The molecule has 1 unspecified atom stereocenters. The fourth-order valence-corrected chi connectivity index (χ4v) is 3.91. The van der Waals surface area contributed by atoms with Crippen molar-refractivity contribution in [2.75, 3.05) is 6.61 Å². The van der Waals surface area contributed by atoms with Gasteiger partial charge in [-0.3, -0.25) is 0 Å². The van der Waals surface area contributed by atoms with Crippen molar-refractivity contribution >= 4 is 22.6 Å². The van der Waals surface area contributed by atoms with Crippen molar-refractivity contribution in [1.29, 1.82) is 0 Å². The Bertz CT molecular complexity index is 717. The highest BCUT2D eigenvalue weighted by Crippen LogP contribution is 2.47. The summed E-state index contributed by atoms with van der Waals surface area (Å²) >= 11 is 6.13. The number of fused-ring (bicyclic) bond motifs is 2. The number of hydrogen-bond acceptors (Lipinski definition) is 5. The first-order valence-corrected chi connectivity index (χ1v) is 7.81. The van der Waals surface area contributed by atoms with Crippen molar-refractivity contribution in [3.8, 4) is 0 Å². The van der Waals surface area contributed by atoms with Gasteiger partial charge in [0.25, 0.3) is 0 Å². The van der Waals surface area contributed by atoms with Crippen molar-refractivity contribution in [3.63, 3.8) is 0 Å². The van der Waals surface area contributed by atoms with E-state index >= 15 is 0 Å². The average Bonchev–Trinajstić information content (AvgIpc) is 3.10. The van der Waals surface area contributed by atoms with Crippen LogP contribution in [0.15, 0.2) is 18.6 Å². The molecule has 0 radical (unpaired) electrons. The van der Waals surface area contributed by atoms with Crippen LogP contribution in [0.3, 0.4) is 0 Å². The van der Waals surface area contributed by atoms with Crippen LogP contribution in [0.4, 0.5) is 0 Å². The minimum absolute atomic E-state index is 0.0616. The molecule has 1 aliphatic heterocycles. The molecule has 3 heterocycles. The van der Waals surface area contributed by atoms with Gasteiger partial charge in [-0.05, 0) is 26.3 Å². The molecule has 118 valence electrons. The number of nitrogens with zero attached hydrogens (tertiary/aromatic N) is 3. The Morgan fingerprint density at radius 2 is 2.14 bits per heavy atom. The summed E-state index contributed by atoms with van der Waals surface area (Å²) < 4.78 is 14.1. The monoisotopic (exact) mass is 323 g/mol. The highest BCUT2D eigenvalue weighted by Gasteiger charge is 2.54. The maximum Gasteiger partial charge on any atom is 0.163 e. The molecule has 0 bridgehead atoms. The fourth-order valence-electron chi connectivity index (χ4n) is 3.72. The van der Waals surface area contributed by atoms with Gasteiger partial charge in [-0.1, -0.05) is 11.6 Å². The third-order valence-electron chi connectivity index (χ3n) is 4.60. The number of ether oxygens (including phenoxy) is 2. The minimum atomic E-state index is -0.628. The lowest BCUT2D eigenvalue weighted by Gasteiger charge is -2.24. The van der Waals surface area contributed by atoms with Crippen LogP contribution < -0.4 is 0 Å². The molecule has 0 spiro atoms. The van der Waals surface area contributed by atoms with Gasteiger partial charge < -0.3 is 19.1 Å². The summed E-state index contributed by atoms with van der Waals surface area (Å²) in [5.74, 6) is -0.566. The molecule has 1 saturated heterocycles. The summed E-state index contributed by atoms with van der Waals surface area (Å²) in [5.41, 5.74) is 0.788. The minimum Gasteiger partial charge on any atom is -0.396 e. The molecule has 4 rings (SSSR count). The van der Waals surface area contributed by atoms with E-state index in [0.717, 1.165) is 17.5 Å². The van der Waals surface area contributed by atoms with E-state index in [4.69, 9.17) is 21.1 Å². The molecule has 2 aliphatic rings. The van der Waals surface area contributed by atoms with E-state index in [-0.39, 0.29) is 30.8 Å². The predicted octanol–water partition coefficient (Wildman–Crippen LogP) is 2.16. The molecule has 2 fully saturated rings. The van der Waals surface area contributed by atoms with Gasteiger partial charge in [0.15, 0.2) is 5.79 Å². The van der Waals surface area contributed by atoms with Gasteiger partial charge in [0.05, 0.1) is 17.5 Å². The zero-order chi connectivity index (χ0) is 15.5. The molecule has 6 nitrogen and oxygen atoms in total. The Balaban J connectivity index is 1.77. The smallest absolute Gasteiger partial charge is 0.163 e. The fraction of sp³-hybridized carbons (Fsp3) is 0.600. The summed E-state index contributed by atoms with van der Waals surface area (Å²) in [7, 11) is 0. The molecular weight excluding hydrogens is 306 g/mol. The van der Waals surface area contributed by atoms with Crippen LogP contribution >= 0.6 is 11.6 Å². The first-order chi connectivity index (χ1) is 10.5. The van der Waals surface area contributed by atoms with E-state index in [1.807, 2.05) is 26.1 Å². The van der Waals surface area contributed by atoms with E-state index in [1.54, 1.807) is 0 Å². The Kier molecular flexibility index (Phi) is 3.20. The van der Waals surface area contributed by atoms with Gasteiger partial charge in [0, 0.05) is 18.7 Å². The number of halogens is 1. The molecule has 2 aromatic heterocycles. The molecule has 0 aromatic carbocycles. The number of aliphatic hydroxyl groups is 1. The second kappa shape index (κ2) is 4.89. The lowest BCUT2D eigenvalue weighted by Crippen LogP contribution is -2.27. The van der Waals surface area contributed by atoms with Crippen LogP contribution in [-0.4, -0.2) is 44.2 Å². The molecule has 1 N–H and O–H groups in total. The lowest BCUT2D eigenvalue weighted by atomic mass is 10.1. The normalized spacial score (nSPS) is 33.5. The highest BCUT2D eigenvalue weighted by atomic mass is 35.5. The molecule has 2 aromatic rings. The molecular formula is C15H18ClN3O3. The standard InChI is InChI=1S/C15H18ClN3O3/c1-15(2)21-11-8(6-20)5-10(12(11)22-15)19-4-3-9-13(16)17-7-18-14(9)19/h3-4,7-8,10-12,20H,5-6H2,1-2H3/t8-,10?,11-,12+/m1/s1. The quantitative estimate of drug-likeness (QED) is 0.858. The van der Waals surface area contributed by atoms with Gasteiger partial charge in [-0.15, -0.1) is 0 Å². The lowest BCUT2D eigenvalue weighted by molar-refractivity contribution is -0.161. The van der Waals surface area contributed by atoms with E-state index in [9.17, 15) is 5.11 Å². The number of hydrogen-bond donors (Lipinski definition) is 1. The summed E-state index contributed by atoms with van der Waals surface area (Å²) in [6, 6.07) is 1.98. The van der Waals surface area contributed by atoms with Gasteiger partial charge in [-0.2, -0.15) is 0 Å². The first kappa shape index (κ1) is 14.4. The highest BCUT2D eigenvalue weighted by molar-refractivity contribution is 6.33. The van der Waals surface area contributed by atoms with E-state index in [1.165, 1.54) is 6.33 Å². The van der Waals surface area contributed by atoms with E-state index in [0.29, 0.717) is 5.15 Å². The van der Waals surface area contributed by atoms with Crippen molar-refractivity contribution < 1.29 is 14.6 Å². The molecule has 1 aliphatic carbocycles. The topological polar surface area (TPSA) is 69.4 Å². The first-order valence-electron chi connectivity index (χ1n) is 7.44. The Morgan fingerprint density at radius 3 is 2.91 bits per heavy atom. The van der Waals surface area contributed by atoms with Crippen molar-refractivity contribution in [1.82, 2.24) is 14.5 Å². The van der Waals surface area contributed by atoms with Gasteiger partial charge in [-0.25, -0.2) is 9.97 Å². The summed E-state index contributed by atoms with van der Waals surface area (Å²) in [5, 5.41) is 10.9. The van der Waals surface area contributed by atoms with Crippen molar-refractivity contribution in [2.45, 2.75) is 44.3 Å². The average molecular weight is 324 g/mol. The van der Waals surface area contributed by atoms with Crippen LogP contribution in [0.5, 0.6) is 0 Å². The second-order valence-electron chi connectivity index (χ2n) is 6.44. The van der Waals surface area contributed by atoms with Gasteiger partial charge >= 0.3 is 0 Å². The number of aromatic nitrogens is 3. The predicted molar refractivity (Wildman–Crippen MR) is 80.6 cm³/mol. The SMILES string of the molecule is CC1(C)O[C@@H]2[C@@H](CO)CC(n3ccc4c(Cl)ncnc43)[C@@H]2O1. The van der Waals surface area contributed by atoms with E-state index in [2.05, 4.69) is 14.5 Å². The Hall–Kier alpha value is -1.21. The van der Waals surface area contributed by atoms with E-state index < -0.39 is 5.79 Å². The zero-order valence-corrected chi connectivity index (χ0v) is 13.2. The van der Waals surface area contributed by atoms with Crippen LogP contribution in [0.1, 0.15) is 26.3 Å². The number of aliphatic hydroxyl groups excluding tert-OH is 1. The maximum atomic E-state index is 9.66. The molecule has 22 heavy (non-hydrogen) atoms. The third-order valence-corrected chi connectivity index (χ3v) is 4.91. The van der Waals surface area contributed by atoms with Crippen molar-refractivity contribution in [3.05, 3.63) is 23.7 Å². The molecule has 7 heteroatoms. The van der Waals surface area contributed by atoms with Crippen LogP contribution in [0, 0.1) is 5.92 Å². The largest absolute Gasteiger partial charge is 0.396 e. The summed E-state index contributed by atoms with van der Waals surface area (Å²) in [4.78, 5) is 8.37. The van der Waals surface area contributed by atoms with Crippen molar-refractivity contribution in [2.24, 2.45) is 5.92 Å². The maximum absolute atomic E-state index is 9.66.